The van der Waals surface area contributed by atoms with Gasteiger partial charge in [-0.25, -0.2) is 0 Å². The van der Waals surface area contributed by atoms with Crippen LogP contribution in [0.1, 0.15) is 27.2 Å². The van der Waals surface area contributed by atoms with E-state index in [-0.39, 0.29) is 23.8 Å². The van der Waals surface area contributed by atoms with E-state index in [1.807, 2.05) is 13.8 Å². The smallest absolute Gasteiger partial charge is 0.236 e. The molecule has 2 atom stereocenters. The topological polar surface area (TPSA) is 99.7 Å². The predicted molar refractivity (Wildman–Crippen MR) is 58.8 cm³/mol. The van der Waals surface area contributed by atoms with Crippen molar-refractivity contribution >= 4 is 11.7 Å². The Hall–Kier alpha value is -1.30. The van der Waals surface area contributed by atoms with Crippen molar-refractivity contribution < 1.29 is 10.0 Å². The maximum Gasteiger partial charge on any atom is 0.236 e. The first-order chi connectivity index (χ1) is 7.06. The molecule has 15 heavy (non-hydrogen) atoms. The molecule has 0 bridgehead atoms. The maximum absolute atomic E-state index is 11.4. The highest BCUT2D eigenvalue weighted by Gasteiger charge is 2.18. The van der Waals surface area contributed by atoms with Gasteiger partial charge in [0.25, 0.3) is 0 Å². The minimum atomic E-state index is -0.366. The van der Waals surface area contributed by atoms with Crippen molar-refractivity contribution in [3.8, 4) is 0 Å². The molecule has 0 aromatic heterocycles. The zero-order valence-corrected chi connectivity index (χ0v) is 9.45. The molecule has 0 saturated heterocycles. The fourth-order valence-corrected chi connectivity index (χ4v) is 1.19. The average molecular weight is 216 g/mol. The molecule has 0 aromatic rings. The molecule has 0 aliphatic rings. The van der Waals surface area contributed by atoms with Crippen molar-refractivity contribution in [2.45, 2.75) is 39.3 Å². The number of oxime groups is 1. The van der Waals surface area contributed by atoms with Crippen molar-refractivity contribution in [2.24, 2.45) is 10.9 Å². The molecular weight excluding hydrogens is 196 g/mol. The lowest BCUT2D eigenvalue weighted by atomic mass is 10.1. The summed E-state index contributed by atoms with van der Waals surface area (Å²) in [4.78, 5) is 11.4. The number of nitrogens with two attached hydrogens (primary N) is 1. The standard InChI is InChI=1S/C9H20N4O2/c1-4-7(8(10)13-15)12-6(3)9(14)11-5-2/h6-7,12,15H,4-5H2,1-3H3,(H2,10,13)(H,11,14). The van der Waals surface area contributed by atoms with E-state index < -0.39 is 0 Å². The van der Waals surface area contributed by atoms with Crippen molar-refractivity contribution in [1.82, 2.24) is 10.6 Å². The van der Waals surface area contributed by atoms with E-state index in [0.29, 0.717) is 13.0 Å². The van der Waals surface area contributed by atoms with Crippen molar-refractivity contribution in [3.05, 3.63) is 0 Å². The van der Waals surface area contributed by atoms with E-state index in [2.05, 4.69) is 15.8 Å². The fraction of sp³-hybridized carbons (Fsp3) is 0.778. The third-order valence-electron chi connectivity index (χ3n) is 2.08. The van der Waals surface area contributed by atoms with Gasteiger partial charge in [0.2, 0.25) is 5.91 Å². The van der Waals surface area contributed by atoms with Gasteiger partial charge in [-0.1, -0.05) is 12.1 Å². The lowest BCUT2D eigenvalue weighted by Gasteiger charge is -2.20. The maximum atomic E-state index is 11.4. The Kier molecular flexibility index (Phi) is 6.44. The Bertz CT molecular complexity index is 230. The number of amidine groups is 1. The van der Waals surface area contributed by atoms with E-state index >= 15 is 0 Å². The van der Waals surface area contributed by atoms with Crippen LogP contribution in [0.25, 0.3) is 0 Å². The van der Waals surface area contributed by atoms with Crippen LogP contribution in [0.2, 0.25) is 0 Å². The number of hydrogen-bond acceptors (Lipinski definition) is 4. The SMILES string of the molecule is CCNC(=O)C(C)NC(CC)C(N)=NO. The van der Waals surface area contributed by atoms with E-state index in [1.54, 1.807) is 6.92 Å². The number of nitrogens with one attached hydrogen (secondary N) is 2. The molecular formula is C9H20N4O2. The first-order valence-corrected chi connectivity index (χ1v) is 5.07. The summed E-state index contributed by atoms with van der Waals surface area (Å²) in [6, 6.07) is -0.650. The van der Waals surface area contributed by atoms with Crippen LogP contribution >= 0.6 is 0 Å². The lowest BCUT2D eigenvalue weighted by molar-refractivity contribution is -0.122. The monoisotopic (exact) mass is 216 g/mol. The number of likely N-dealkylation sites (N-methyl/N-ethyl adjacent to an activating group) is 1. The summed E-state index contributed by atoms with van der Waals surface area (Å²) in [6.45, 7) is 6.06. The van der Waals surface area contributed by atoms with Gasteiger partial charge in [-0.05, 0) is 20.3 Å². The molecule has 1 amide bonds. The third kappa shape index (κ3) is 4.64. The van der Waals surface area contributed by atoms with E-state index in [4.69, 9.17) is 10.9 Å². The minimum Gasteiger partial charge on any atom is -0.409 e. The first-order valence-electron chi connectivity index (χ1n) is 5.07. The molecule has 0 saturated carbocycles. The summed E-state index contributed by atoms with van der Waals surface area (Å²) >= 11 is 0. The van der Waals surface area contributed by atoms with Crippen LogP contribution in [0.4, 0.5) is 0 Å². The highest BCUT2D eigenvalue weighted by molar-refractivity contribution is 5.87. The van der Waals surface area contributed by atoms with Gasteiger partial charge in [0.05, 0.1) is 12.1 Å². The van der Waals surface area contributed by atoms with Gasteiger partial charge in [-0.15, -0.1) is 0 Å². The third-order valence-corrected chi connectivity index (χ3v) is 2.08. The van der Waals surface area contributed by atoms with Crippen LogP contribution in [0, 0.1) is 0 Å². The van der Waals surface area contributed by atoms with E-state index in [1.165, 1.54) is 0 Å². The number of carbonyl (C=O) groups excluding carboxylic acids is 1. The molecule has 0 aliphatic heterocycles. The normalized spacial score (nSPS) is 15.8. The second kappa shape index (κ2) is 7.05. The van der Waals surface area contributed by atoms with Crippen LogP contribution in [0.5, 0.6) is 0 Å². The molecule has 6 heteroatoms. The van der Waals surface area contributed by atoms with Crippen molar-refractivity contribution in [3.63, 3.8) is 0 Å². The summed E-state index contributed by atoms with van der Waals surface area (Å²) < 4.78 is 0. The van der Waals surface area contributed by atoms with Gasteiger partial charge in [-0.2, -0.15) is 0 Å². The predicted octanol–water partition coefficient (Wildman–Crippen LogP) is -0.374. The molecule has 6 nitrogen and oxygen atoms in total. The number of amides is 1. The quantitative estimate of drug-likeness (QED) is 0.210. The minimum absolute atomic E-state index is 0.0913. The van der Waals surface area contributed by atoms with Gasteiger partial charge in [0.1, 0.15) is 0 Å². The molecule has 2 unspecified atom stereocenters. The number of hydrogen-bond donors (Lipinski definition) is 4. The van der Waals surface area contributed by atoms with Gasteiger partial charge in [0.15, 0.2) is 5.84 Å². The highest BCUT2D eigenvalue weighted by atomic mass is 16.4. The zero-order chi connectivity index (χ0) is 11.8. The average Bonchev–Trinajstić information content (AvgIpc) is 2.24. The highest BCUT2D eigenvalue weighted by Crippen LogP contribution is 1.94. The Labute approximate surface area is 89.9 Å². The Morgan fingerprint density at radius 3 is 2.53 bits per heavy atom. The Morgan fingerprint density at radius 1 is 1.53 bits per heavy atom. The zero-order valence-electron chi connectivity index (χ0n) is 9.45. The van der Waals surface area contributed by atoms with E-state index in [9.17, 15) is 4.79 Å². The molecule has 0 aliphatic carbocycles. The fourth-order valence-electron chi connectivity index (χ4n) is 1.19. The summed E-state index contributed by atoms with van der Waals surface area (Å²) in [5, 5.41) is 17.1. The summed E-state index contributed by atoms with van der Waals surface area (Å²) in [7, 11) is 0. The van der Waals surface area contributed by atoms with Crippen LogP contribution in [0.15, 0.2) is 5.16 Å². The van der Waals surface area contributed by atoms with Gasteiger partial charge < -0.3 is 16.3 Å². The molecule has 0 spiro atoms. The van der Waals surface area contributed by atoms with Crippen LogP contribution in [0.3, 0.4) is 0 Å². The number of carbonyl (C=O) groups is 1. The molecule has 88 valence electrons. The largest absolute Gasteiger partial charge is 0.409 e. The molecule has 0 aromatic carbocycles. The van der Waals surface area contributed by atoms with Crippen molar-refractivity contribution in [1.29, 1.82) is 0 Å². The second-order valence-electron chi connectivity index (χ2n) is 3.27. The summed E-state index contributed by atoms with van der Waals surface area (Å²) in [5.41, 5.74) is 5.46. The summed E-state index contributed by atoms with van der Waals surface area (Å²) in [6.07, 6.45) is 0.652. The molecule has 0 heterocycles. The molecule has 0 radical (unpaired) electrons. The van der Waals surface area contributed by atoms with Crippen LogP contribution in [-0.2, 0) is 4.79 Å². The molecule has 0 rings (SSSR count). The Balaban J connectivity index is 4.24. The first kappa shape index (κ1) is 13.7. The second-order valence-corrected chi connectivity index (χ2v) is 3.27. The number of rotatable bonds is 6. The van der Waals surface area contributed by atoms with Gasteiger partial charge in [0, 0.05) is 6.54 Å². The van der Waals surface area contributed by atoms with E-state index in [0.717, 1.165) is 0 Å². The Morgan fingerprint density at radius 2 is 2.13 bits per heavy atom. The molecule has 5 N–H and O–H groups in total. The van der Waals surface area contributed by atoms with Gasteiger partial charge in [-0.3, -0.25) is 10.1 Å². The van der Waals surface area contributed by atoms with Crippen LogP contribution in [-0.4, -0.2) is 35.6 Å². The van der Waals surface area contributed by atoms with Crippen LogP contribution < -0.4 is 16.4 Å². The summed E-state index contributed by atoms with van der Waals surface area (Å²) in [5.74, 6) is -0.00432. The number of nitrogens with zero attached hydrogens (tertiary/aromatic N) is 1. The molecule has 0 fully saturated rings. The lowest BCUT2D eigenvalue weighted by Crippen LogP contribution is -2.51. The van der Waals surface area contributed by atoms with Gasteiger partial charge >= 0.3 is 0 Å². The van der Waals surface area contributed by atoms with Crippen molar-refractivity contribution in [2.75, 3.05) is 6.54 Å².